The Hall–Kier alpha value is -3.22. The number of anilines is 2. The SMILES string of the molecule is CCCNC(=O)c1cc(NC(=O)c2c(OC)cccc2OC)ccc1N(C)C. The van der Waals surface area contributed by atoms with Gasteiger partial charge in [0.05, 0.1) is 19.8 Å². The van der Waals surface area contributed by atoms with Crippen LogP contribution in [0.15, 0.2) is 36.4 Å². The lowest BCUT2D eigenvalue weighted by atomic mass is 10.1. The van der Waals surface area contributed by atoms with Crippen molar-refractivity contribution in [2.75, 3.05) is 45.1 Å². The van der Waals surface area contributed by atoms with Crippen LogP contribution in [0.5, 0.6) is 11.5 Å². The Labute approximate surface area is 165 Å². The van der Waals surface area contributed by atoms with Gasteiger partial charge in [-0.15, -0.1) is 0 Å². The fraction of sp³-hybridized carbons (Fsp3) is 0.333. The van der Waals surface area contributed by atoms with E-state index in [-0.39, 0.29) is 11.8 Å². The Balaban J connectivity index is 2.37. The van der Waals surface area contributed by atoms with E-state index in [0.717, 1.165) is 12.1 Å². The number of rotatable bonds is 8. The first-order valence-electron chi connectivity index (χ1n) is 9.04. The number of hydrogen-bond donors (Lipinski definition) is 2. The van der Waals surface area contributed by atoms with Gasteiger partial charge in [0.15, 0.2) is 0 Å². The molecular formula is C21H27N3O4. The minimum Gasteiger partial charge on any atom is -0.496 e. The molecule has 7 heteroatoms. The van der Waals surface area contributed by atoms with E-state index in [1.165, 1.54) is 14.2 Å². The summed E-state index contributed by atoms with van der Waals surface area (Å²) in [6.07, 6.45) is 0.840. The van der Waals surface area contributed by atoms with Gasteiger partial charge in [0.25, 0.3) is 11.8 Å². The van der Waals surface area contributed by atoms with Crippen LogP contribution in [0.1, 0.15) is 34.1 Å². The van der Waals surface area contributed by atoms with E-state index in [4.69, 9.17) is 9.47 Å². The Morgan fingerprint density at radius 1 is 1.00 bits per heavy atom. The zero-order valence-electron chi connectivity index (χ0n) is 17.0. The van der Waals surface area contributed by atoms with E-state index in [9.17, 15) is 9.59 Å². The highest BCUT2D eigenvalue weighted by Crippen LogP contribution is 2.30. The normalized spacial score (nSPS) is 10.2. The van der Waals surface area contributed by atoms with Gasteiger partial charge in [0.1, 0.15) is 17.1 Å². The molecule has 28 heavy (non-hydrogen) atoms. The molecule has 2 rings (SSSR count). The molecule has 2 aromatic carbocycles. The minimum absolute atomic E-state index is 0.184. The molecule has 0 aromatic heterocycles. The molecule has 0 unspecified atom stereocenters. The molecule has 0 fully saturated rings. The molecule has 0 saturated heterocycles. The van der Waals surface area contributed by atoms with E-state index in [0.29, 0.717) is 34.9 Å². The van der Waals surface area contributed by atoms with E-state index in [2.05, 4.69) is 10.6 Å². The van der Waals surface area contributed by atoms with Gasteiger partial charge in [-0.05, 0) is 36.8 Å². The second-order valence-electron chi connectivity index (χ2n) is 6.37. The summed E-state index contributed by atoms with van der Waals surface area (Å²) in [6, 6.07) is 10.4. The third kappa shape index (κ3) is 4.73. The van der Waals surface area contributed by atoms with Crippen LogP contribution >= 0.6 is 0 Å². The van der Waals surface area contributed by atoms with Crippen molar-refractivity contribution in [3.63, 3.8) is 0 Å². The third-order valence-corrected chi connectivity index (χ3v) is 4.17. The number of nitrogens with one attached hydrogen (secondary N) is 2. The molecule has 0 saturated carbocycles. The predicted molar refractivity (Wildman–Crippen MR) is 111 cm³/mol. The van der Waals surface area contributed by atoms with Gasteiger partial charge in [0.2, 0.25) is 0 Å². The van der Waals surface area contributed by atoms with Crippen molar-refractivity contribution in [1.29, 1.82) is 0 Å². The molecule has 0 aliphatic heterocycles. The first kappa shape index (κ1) is 21.1. The van der Waals surface area contributed by atoms with E-state index in [1.54, 1.807) is 36.4 Å². The van der Waals surface area contributed by atoms with Gasteiger partial charge in [-0.25, -0.2) is 0 Å². The van der Waals surface area contributed by atoms with Crippen LogP contribution in [-0.2, 0) is 0 Å². The van der Waals surface area contributed by atoms with Crippen LogP contribution in [-0.4, -0.2) is 46.7 Å². The summed E-state index contributed by atoms with van der Waals surface area (Å²) >= 11 is 0. The van der Waals surface area contributed by atoms with Gasteiger partial charge in [-0.3, -0.25) is 9.59 Å². The number of nitrogens with zero attached hydrogens (tertiary/aromatic N) is 1. The molecule has 0 atom stereocenters. The van der Waals surface area contributed by atoms with Crippen LogP contribution in [0, 0.1) is 0 Å². The summed E-state index contributed by atoms with van der Waals surface area (Å²) in [7, 11) is 6.72. The highest BCUT2D eigenvalue weighted by Gasteiger charge is 2.20. The zero-order chi connectivity index (χ0) is 20.7. The summed E-state index contributed by atoms with van der Waals surface area (Å²) < 4.78 is 10.6. The number of ether oxygens (including phenoxy) is 2. The smallest absolute Gasteiger partial charge is 0.263 e. The first-order chi connectivity index (χ1) is 13.4. The molecule has 2 N–H and O–H groups in total. The topological polar surface area (TPSA) is 79.9 Å². The number of carbonyl (C=O) groups excluding carboxylic acids is 2. The molecule has 0 aliphatic rings. The van der Waals surface area contributed by atoms with Gasteiger partial charge < -0.3 is 25.0 Å². The first-order valence-corrected chi connectivity index (χ1v) is 9.04. The van der Waals surface area contributed by atoms with E-state index in [1.807, 2.05) is 25.9 Å². The van der Waals surface area contributed by atoms with Gasteiger partial charge in [0, 0.05) is 32.0 Å². The van der Waals surface area contributed by atoms with E-state index >= 15 is 0 Å². The summed E-state index contributed by atoms with van der Waals surface area (Å²) in [4.78, 5) is 27.3. The van der Waals surface area contributed by atoms with Crippen molar-refractivity contribution in [3.8, 4) is 11.5 Å². The van der Waals surface area contributed by atoms with Crippen molar-refractivity contribution >= 4 is 23.2 Å². The monoisotopic (exact) mass is 385 g/mol. The van der Waals surface area contributed by atoms with Crippen LogP contribution in [0.3, 0.4) is 0 Å². The summed E-state index contributed by atoms with van der Waals surface area (Å²) in [6.45, 7) is 2.57. The molecule has 0 heterocycles. The molecule has 7 nitrogen and oxygen atoms in total. The van der Waals surface area contributed by atoms with Crippen LogP contribution in [0.25, 0.3) is 0 Å². The number of methoxy groups -OCH3 is 2. The molecule has 0 radical (unpaired) electrons. The molecule has 2 amide bonds. The standard InChI is InChI=1S/C21H27N3O4/c1-6-12-22-20(25)15-13-14(10-11-16(15)24(2)3)23-21(26)19-17(27-4)8-7-9-18(19)28-5/h7-11,13H,6,12H2,1-5H3,(H,22,25)(H,23,26). The molecule has 150 valence electrons. The van der Waals surface area contributed by atoms with Crippen LogP contribution < -0.4 is 25.0 Å². The lowest BCUT2D eigenvalue weighted by molar-refractivity contribution is 0.0952. The van der Waals surface area contributed by atoms with Crippen molar-refractivity contribution < 1.29 is 19.1 Å². The highest BCUT2D eigenvalue weighted by atomic mass is 16.5. The zero-order valence-corrected chi connectivity index (χ0v) is 17.0. The number of carbonyl (C=O) groups is 2. The second-order valence-corrected chi connectivity index (χ2v) is 6.37. The maximum atomic E-state index is 12.9. The average molecular weight is 385 g/mol. The van der Waals surface area contributed by atoms with Crippen molar-refractivity contribution in [1.82, 2.24) is 5.32 Å². The highest BCUT2D eigenvalue weighted by molar-refractivity contribution is 6.09. The molecular weight excluding hydrogens is 358 g/mol. The maximum Gasteiger partial charge on any atom is 0.263 e. The van der Waals surface area contributed by atoms with Gasteiger partial charge in [-0.2, -0.15) is 0 Å². The molecule has 0 aliphatic carbocycles. The molecule has 2 aromatic rings. The predicted octanol–water partition coefficient (Wildman–Crippen LogP) is 3.16. The number of amides is 2. The third-order valence-electron chi connectivity index (χ3n) is 4.17. The molecule has 0 spiro atoms. The summed E-state index contributed by atoms with van der Waals surface area (Å²) in [5, 5.41) is 5.70. The largest absolute Gasteiger partial charge is 0.496 e. The maximum absolute atomic E-state index is 12.9. The van der Waals surface area contributed by atoms with E-state index < -0.39 is 0 Å². The van der Waals surface area contributed by atoms with Gasteiger partial charge >= 0.3 is 0 Å². The van der Waals surface area contributed by atoms with Crippen LogP contribution in [0.2, 0.25) is 0 Å². The number of hydrogen-bond acceptors (Lipinski definition) is 5. The average Bonchev–Trinajstić information content (AvgIpc) is 2.70. The van der Waals surface area contributed by atoms with Gasteiger partial charge in [-0.1, -0.05) is 13.0 Å². The Bertz CT molecular complexity index is 827. The fourth-order valence-electron chi connectivity index (χ4n) is 2.79. The Morgan fingerprint density at radius 3 is 2.18 bits per heavy atom. The van der Waals surface area contributed by atoms with Crippen LogP contribution in [0.4, 0.5) is 11.4 Å². The minimum atomic E-state index is -0.383. The van der Waals surface area contributed by atoms with Crippen molar-refractivity contribution in [3.05, 3.63) is 47.5 Å². The van der Waals surface area contributed by atoms with Crippen molar-refractivity contribution in [2.24, 2.45) is 0 Å². The summed E-state index contributed by atoms with van der Waals surface area (Å²) in [5.41, 5.74) is 2.05. The lowest BCUT2D eigenvalue weighted by Crippen LogP contribution is -2.26. The Kier molecular flexibility index (Phi) is 7.26. The van der Waals surface area contributed by atoms with Crippen molar-refractivity contribution in [2.45, 2.75) is 13.3 Å². The quantitative estimate of drug-likeness (QED) is 0.730. The molecule has 0 bridgehead atoms. The summed E-state index contributed by atoms with van der Waals surface area (Å²) in [5.74, 6) is 0.244. The Morgan fingerprint density at radius 2 is 1.64 bits per heavy atom. The lowest BCUT2D eigenvalue weighted by Gasteiger charge is -2.19. The number of benzene rings is 2. The fourth-order valence-corrected chi connectivity index (χ4v) is 2.79. The second kappa shape index (κ2) is 9.64.